The number of nitrogens with zero attached hydrogens (tertiary/aromatic N) is 3. The van der Waals surface area contributed by atoms with E-state index in [2.05, 4.69) is 15.0 Å². The summed E-state index contributed by atoms with van der Waals surface area (Å²) >= 11 is 0. The minimum atomic E-state index is -0.493. The third kappa shape index (κ3) is 3.60. The Morgan fingerprint density at radius 1 is 1.17 bits per heavy atom. The lowest BCUT2D eigenvalue weighted by Crippen LogP contribution is -2.05. The summed E-state index contributed by atoms with van der Waals surface area (Å²) in [6.07, 6.45) is 5.04. The van der Waals surface area contributed by atoms with Crippen LogP contribution in [0.2, 0.25) is 0 Å². The van der Waals surface area contributed by atoms with E-state index in [9.17, 15) is 4.79 Å². The lowest BCUT2D eigenvalue weighted by atomic mass is 10.1. The number of esters is 1. The largest absolute Gasteiger partial charge is 0.461 e. The fourth-order valence-corrected chi connectivity index (χ4v) is 2.05. The summed E-state index contributed by atoms with van der Waals surface area (Å²) in [5, 5.41) is 0. The van der Waals surface area contributed by atoms with Gasteiger partial charge in [0, 0.05) is 11.8 Å². The number of hydrogen-bond acceptors (Lipinski definition) is 6. The second kappa shape index (κ2) is 6.83. The van der Waals surface area contributed by atoms with Crippen LogP contribution in [0.4, 0.5) is 0 Å². The molecule has 0 atom stereocenters. The van der Waals surface area contributed by atoms with Crippen LogP contribution in [0, 0.1) is 0 Å². The molecule has 0 aliphatic heterocycles. The van der Waals surface area contributed by atoms with Crippen molar-refractivity contribution in [2.45, 2.75) is 13.3 Å². The van der Waals surface area contributed by atoms with E-state index in [1.165, 1.54) is 6.26 Å². The number of oxazole rings is 1. The fraction of sp³-hybridized carbons (Fsp3) is 0.176. The summed E-state index contributed by atoms with van der Waals surface area (Å²) in [7, 11) is 0. The van der Waals surface area contributed by atoms with Gasteiger partial charge in [0.25, 0.3) is 0 Å². The maximum Gasteiger partial charge on any atom is 0.360 e. The summed E-state index contributed by atoms with van der Waals surface area (Å²) < 4.78 is 10.1. The first-order valence-electron chi connectivity index (χ1n) is 7.24. The van der Waals surface area contributed by atoms with E-state index in [1.54, 1.807) is 19.3 Å². The number of hydrogen-bond donors (Lipinski definition) is 0. The highest BCUT2D eigenvalue weighted by molar-refractivity contribution is 5.86. The smallest absolute Gasteiger partial charge is 0.360 e. The summed E-state index contributed by atoms with van der Waals surface area (Å²) in [5.41, 5.74) is 2.68. The van der Waals surface area contributed by atoms with Gasteiger partial charge in [-0.25, -0.2) is 9.78 Å². The zero-order chi connectivity index (χ0) is 16.1. The Hall–Kier alpha value is -3.02. The van der Waals surface area contributed by atoms with Crippen molar-refractivity contribution in [1.29, 1.82) is 0 Å². The van der Waals surface area contributed by atoms with E-state index >= 15 is 0 Å². The fourth-order valence-electron chi connectivity index (χ4n) is 2.05. The topological polar surface area (TPSA) is 78.1 Å². The van der Waals surface area contributed by atoms with Crippen molar-refractivity contribution in [2.24, 2.45) is 0 Å². The lowest BCUT2D eigenvalue weighted by Gasteiger charge is -2.01. The van der Waals surface area contributed by atoms with Crippen LogP contribution in [0.1, 0.15) is 29.0 Å². The van der Waals surface area contributed by atoms with E-state index < -0.39 is 5.97 Å². The highest BCUT2D eigenvalue weighted by Gasteiger charge is 2.13. The predicted octanol–water partition coefficient (Wildman–Crippen LogP) is 2.90. The van der Waals surface area contributed by atoms with Crippen molar-refractivity contribution >= 4 is 5.97 Å². The Kier molecular flexibility index (Phi) is 4.42. The van der Waals surface area contributed by atoms with Crippen molar-refractivity contribution in [1.82, 2.24) is 15.0 Å². The molecule has 0 aliphatic rings. The van der Waals surface area contributed by atoms with E-state index in [1.807, 2.05) is 30.3 Å². The van der Waals surface area contributed by atoms with E-state index in [-0.39, 0.29) is 5.69 Å². The molecule has 6 nitrogen and oxygen atoms in total. The Bertz CT molecular complexity index is 782. The highest BCUT2D eigenvalue weighted by atomic mass is 16.5. The molecule has 2 aromatic heterocycles. The third-order valence-electron chi connectivity index (χ3n) is 3.14. The molecule has 0 bridgehead atoms. The second-order valence-corrected chi connectivity index (χ2v) is 4.78. The van der Waals surface area contributed by atoms with Gasteiger partial charge in [-0.15, -0.1) is 0 Å². The molecule has 0 unspecified atom stereocenters. The summed E-state index contributed by atoms with van der Waals surface area (Å²) in [4.78, 5) is 24.4. The minimum Gasteiger partial charge on any atom is -0.461 e. The molecule has 0 fully saturated rings. The average molecular weight is 309 g/mol. The zero-order valence-electron chi connectivity index (χ0n) is 12.6. The van der Waals surface area contributed by atoms with Crippen LogP contribution in [0.3, 0.4) is 0 Å². The van der Waals surface area contributed by atoms with Crippen molar-refractivity contribution < 1.29 is 13.9 Å². The van der Waals surface area contributed by atoms with Crippen LogP contribution < -0.4 is 0 Å². The Balaban J connectivity index is 1.70. The molecular formula is C17H15N3O3. The van der Waals surface area contributed by atoms with Crippen molar-refractivity contribution in [3.8, 4) is 11.3 Å². The zero-order valence-corrected chi connectivity index (χ0v) is 12.6. The Labute approximate surface area is 133 Å². The van der Waals surface area contributed by atoms with Gasteiger partial charge in [0.05, 0.1) is 30.6 Å². The quantitative estimate of drug-likeness (QED) is 0.674. The van der Waals surface area contributed by atoms with E-state index in [0.717, 1.165) is 11.3 Å². The van der Waals surface area contributed by atoms with Crippen LogP contribution in [-0.2, 0) is 11.2 Å². The molecule has 1 aromatic carbocycles. The summed E-state index contributed by atoms with van der Waals surface area (Å²) in [5.74, 6) is -0.0946. The molecule has 116 valence electrons. The Morgan fingerprint density at radius 2 is 2.00 bits per heavy atom. The van der Waals surface area contributed by atoms with Gasteiger partial charge < -0.3 is 9.15 Å². The van der Waals surface area contributed by atoms with E-state index in [4.69, 9.17) is 9.15 Å². The number of benzene rings is 1. The first-order chi connectivity index (χ1) is 11.3. The van der Waals surface area contributed by atoms with Gasteiger partial charge in [0.15, 0.2) is 5.69 Å². The molecule has 2 heterocycles. The molecule has 23 heavy (non-hydrogen) atoms. The number of rotatable bonds is 5. The number of aromatic nitrogens is 3. The SMILES string of the molecule is CCOC(=O)c1coc(Cc2cnc(-c3ccccc3)cn2)n1. The Morgan fingerprint density at radius 3 is 2.70 bits per heavy atom. The van der Waals surface area contributed by atoms with Crippen LogP contribution in [0.25, 0.3) is 11.3 Å². The lowest BCUT2D eigenvalue weighted by molar-refractivity contribution is 0.0519. The maximum absolute atomic E-state index is 11.5. The van der Waals surface area contributed by atoms with Crippen molar-refractivity contribution in [3.05, 3.63) is 66.3 Å². The van der Waals surface area contributed by atoms with Gasteiger partial charge in [-0.3, -0.25) is 9.97 Å². The van der Waals surface area contributed by atoms with Crippen LogP contribution >= 0.6 is 0 Å². The molecular weight excluding hydrogens is 294 g/mol. The van der Waals surface area contributed by atoms with Crippen LogP contribution in [-0.4, -0.2) is 27.5 Å². The van der Waals surface area contributed by atoms with Gasteiger partial charge in [-0.05, 0) is 6.92 Å². The second-order valence-electron chi connectivity index (χ2n) is 4.78. The van der Waals surface area contributed by atoms with Gasteiger partial charge >= 0.3 is 5.97 Å². The highest BCUT2D eigenvalue weighted by Crippen LogP contribution is 2.15. The van der Waals surface area contributed by atoms with Crippen LogP contribution in [0.5, 0.6) is 0 Å². The first kappa shape index (κ1) is 14.9. The molecule has 3 aromatic rings. The molecule has 0 saturated carbocycles. The molecule has 0 amide bonds. The number of ether oxygens (including phenoxy) is 1. The van der Waals surface area contributed by atoms with Crippen molar-refractivity contribution in [2.75, 3.05) is 6.61 Å². The van der Waals surface area contributed by atoms with Gasteiger partial charge in [-0.1, -0.05) is 30.3 Å². The summed E-state index contributed by atoms with van der Waals surface area (Å²) in [6.45, 7) is 2.04. The molecule has 0 spiro atoms. The van der Waals surface area contributed by atoms with Gasteiger partial charge in [-0.2, -0.15) is 0 Å². The number of carbonyl (C=O) groups excluding carboxylic acids is 1. The molecule has 0 N–H and O–H groups in total. The molecule has 0 aliphatic carbocycles. The first-order valence-corrected chi connectivity index (χ1v) is 7.24. The van der Waals surface area contributed by atoms with E-state index in [0.29, 0.717) is 24.6 Å². The summed E-state index contributed by atoms with van der Waals surface area (Å²) in [6, 6.07) is 9.81. The molecule has 3 rings (SSSR count). The number of carbonyl (C=O) groups is 1. The standard InChI is InChI=1S/C17H15N3O3/c1-2-22-17(21)15-11-23-16(20-15)8-13-9-19-14(10-18-13)12-6-4-3-5-7-12/h3-7,9-11H,2,8H2,1H3. The predicted molar refractivity (Wildman–Crippen MR) is 82.7 cm³/mol. The third-order valence-corrected chi connectivity index (χ3v) is 3.14. The molecule has 6 heteroatoms. The maximum atomic E-state index is 11.5. The van der Waals surface area contributed by atoms with Crippen molar-refractivity contribution in [3.63, 3.8) is 0 Å². The van der Waals surface area contributed by atoms with Gasteiger partial charge in [0.1, 0.15) is 6.26 Å². The van der Waals surface area contributed by atoms with Gasteiger partial charge in [0.2, 0.25) is 5.89 Å². The molecule has 0 radical (unpaired) electrons. The average Bonchev–Trinajstić information content (AvgIpc) is 3.05. The molecule has 0 saturated heterocycles. The minimum absolute atomic E-state index is 0.163. The normalized spacial score (nSPS) is 10.5. The van der Waals surface area contributed by atoms with Crippen LogP contribution in [0.15, 0.2) is 53.4 Å². The monoisotopic (exact) mass is 309 g/mol.